The summed E-state index contributed by atoms with van der Waals surface area (Å²) in [4.78, 5) is 23.2. The number of hydrogen-bond donors (Lipinski definition) is 2. The highest BCUT2D eigenvalue weighted by Gasteiger charge is 2.12. The summed E-state index contributed by atoms with van der Waals surface area (Å²) in [7, 11) is 0. The Morgan fingerprint density at radius 2 is 2.06 bits per heavy atom. The van der Waals surface area contributed by atoms with Crippen molar-refractivity contribution in [2.24, 2.45) is 0 Å². The predicted octanol–water partition coefficient (Wildman–Crippen LogP) is 2.31. The van der Waals surface area contributed by atoms with Crippen LogP contribution >= 0.6 is 11.6 Å². The molecule has 2 N–H and O–H groups in total. The Hall–Kier alpha value is -1.55. The van der Waals surface area contributed by atoms with Gasteiger partial charge in [0, 0.05) is 17.8 Å². The SMILES string of the molecule is CCNC(=O)c1ccc(C)c(NC(=O)C(C)Cl)c1. The Balaban J connectivity index is 2.94. The van der Waals surface area contributed by atoms with Crippen molar-refractivity contribution in [3.63, 3.8) is 0 Å². The molecular formula is C13H17ClN2O2. The number of hydrogen-bond acceptors (Lipinski definition) is 2. The first kappa shape index (κ1) is 14.5. The summed E-state index contributed by atoms with van der Waals surface area (Å²) >= 11 is 5.69. The highest BCUT2D eigenvalue weighted by Crippen LogP contribution is 2.17. The molecule has 4 nitrogen and oxygen atoms in total. The molecule has 2 amide bonds. The second-order valence-electron chi connectivity index (χ2n) is 3.99. The van der Waals surface area contributed by atoms with Crippen LogP contribution in [0.5, 0.6) is 0 Å². The van der Waals surface area contributed by atoms with E-state index in [-0.39, 0.29) is 11.8 Å². The van der Waals surface area contributed by atoms with E-state index in [2.05, 4.69) is 10.6 Å². The van der Waals surface area contributed by atoms with E-state index < -0.39 is 5.38 Å². The molecule has 0 bridgehead atoms. The Morgan fingerprint density at radius 1 is 1.39 bits per heavy atom. The second kappa shape index (κ2) is 6.40. The number of halogens is 1. The van der Waals surface area contributed by atoms with Crippen LogP contribution in [0.25, 0.3) is 0 Å². The molecule has 0 spiro atoms. The Morgan fingerprint density at radius 3 is 2.61 bits per heavy atom. The van der Waals surface area contributed by atoms with Crippen LogP contribution in [-0.2, 0) is 4.79 Å². The fourth-order valence-corrected chi connectivity index (χ4v) is 1.45. The average Bonchev–Trinajstić information content (AvgIpc) is 2.31. The van der Waals surface area contributed by atoms with Gasteiger partial charge in [-0.2, -0.15) is 0 Å². The van der Waals surface area contributed by atoms with E-state index in [1.54, 1.807) is 25.1 Å². The Labute approximate surface area is 112 Å². The molecule has 0 aliphatic heterocycles. The lowest BCUT2D eigenvalue weighted by atomic mass is 10.1. The van der Waals surface area contributed by atoms with Gasteiger partial charge >= 0.3 is 0 Å². The summed E-state index contributed by atoms with van der Waals surface area (Å²) in [6.07, 6.45) is 0. The van der Waals surface area contributed by atoms with Crippen molar-refractivity contribution in [2.75, 3.05) is 11.9 Å². The summed E-state index contributed by atoms with van der Waals surface area (Å²) < 4.78 is 0. The summed E-state index contributed by atoms with van der Waals surface area (Å²) in [5.74, 6) is -0.445. The topological polar surface area (TPSA) is 58.2 Å². The molecule has 0 heterocycles. The predicted molar refractivity (Wildman–Crippen MR) is 73.1 cm³/mol. The van der Waals surface area contributed by atoms with Crippen molar-refractivity contribution in [1.82, 2.24) is 5.32 Å². The second-order valence-corrected chi connectivity index (χ2v) is 4.65. The number of alkyl halides is 1. The van der Waals surface area contributed by atoms with E-state index in [4.69, 9.17) is 11.6 Å². The Bertz CT molecular complexity index is 458. The molecule has 0 saturated carbocycles. The van der Waals surface area contributed by atoms with Gasteiger partial charge in [0.05, 0.1) is 0 Å². The van der Waals surface area contributed by atoms with Crippen molar-refractivity contribution < 1.29 is 9.59 Å². The van der Waals surface area contributed by atoms with Crippen LogP contribution in [0.1, 0.15) is 29.8 Å². The molecule has 1 aromatic carbocycles. The van der Waals surface area contributed by atoms with Crippen molar-refractivity contribution >= 4 is 29.1 Å². The molecule has 0 saturated heterocycles. The van der Waals surface area contributed by atoms with Gasteiger partial charge in [0.15, 0.2) is 0 Å². The fourth-order valence-electron chi connectivity index (χ4n) is 1.39. The molecule has 0 aromatic heterocycles. The van der Waals surface area contributed by atoms with Gasteiger partial charge in [-0.15, -0.1) is 11.6 Å². The van der Waals surface area contributed by atoms with Crippen molar-refractivity contribution in [3.8, 4) is 0 Å². The first-order valence-electron chi connectivity index (χ1n) is 5.79. The molecule has 18 heavy (non-hydrogen) atoms. The minimum absolute atomic E-state index is 0.160. The monoisotopic (exact) mass is 268 g/mol. The molecule has 5 heteroatoms. The molecule has 1 unspecified atom stereocenters. The molecule has 0 aliphatic rings. The molecule has 0 aliphatic carbocycles. The number of amides is 2. The first-order chi connectivity index (χ1) is 8.45. The van der Waals surface area contributed by atoms with Gasteiger partial charge < -0.3 is 10.6 Å². The standard InChI is InChI=1S/C13H17ClN2O2/c1-4-15-13(18)10-6-5-8(2)11(7-10)16-12(17)9(3)14/h5-7,9H,4H2,1-3H3,(H,15,18)(H,16,17). The number of nitrogens with one attached hydrogen (secondary N) is 2. The van der Waals surface area contributed by atoms with E-state index in [9.17, 15) is 9.59 Å². The van der Waals surface area contributed by atoms with Crippen molar-refractivity contribution in [1.29, 1.82) is 0 Å². The molecule has 1 atom stereocenters. The minimum atomic E-state index is -0.613. The van der Waals surface area contributed by atoms with Crippen LogP contribution in [0.15, 0.2) is 18.2 Å². The summed E-state index contributed by atoms with van der Waals surface area (Å²) in [5, 5.41) is 4.79. The Kier molecular flexibility index (Phi) is 5.16. The van der Waals surface area contributed by atoms with E-state index in [1.165, 1.54) is 0 Å². The van der Waals surface area contributed by atoms with Crippen molar-refractivity contribution in [2.45, 2.75) is 26.1 Å². The number of carbonyl (C=O) groups excluding carboxylic acids is 2. The van der Waals surface area contributed by atoms with Crippen LogP contribution in [0.4, 0.5) is 5.69 Å². The van der Waals surface area contributed by atoms with Crippen LogP contribution in [0.3, 0.4) is 0 Å². The van der Waals surface area contributed by atoms with Gasteiger partial charge in [-0.05, 0) is 38.5 Å². The summed E-state index contributed by atoms with van der Waals surface area (Å²) in [6, 6.07) is 5.16. The lowest BCUT2D eigenvalue weighted by Crippen LogP contribution is -2.24. The van der Waals surface area contributed by atoms with Gasteiger partial charge in [0.25, 0.3) is 5.91 Å². The van der Waals surface area contributed by atoms with Gasteiger partial charge in [-0.1, -0.05) is 6.07 Å². The zero-order chi connectivity index (χ0) is 13.7. The van der Waals surface area contributed by atoms with Crippen LogP contribution in [0.2, 0.25) is 0 Å². The van der Waals surface area contributed by atoms with Gasteiger partial charge in [0.1, 0.15) is 5.38 Å². The molecule has 0 radical (unpaired) electrons. The molecular weight excluding hydrogens is 252 g/mol. The van der Waals surface area contributed by atoms with Gasteiger partial charge in [0.2, 0.25) is 5.91 Å². The highest BCUT2D eigenvalue weighted by atomic mass is 35.5. The lowest BCUT2D eigenvalue weighted by Gasteiger charge is -2.11. The number of carbonyl (C=O) groups is 2. The third kappa shape index (κ3) is 3.74. The van der Waals surface area contributed by atoms with Gasteiger partial charge in [-0.25, -0.2) is 0 Å². The van der Waals surface area contributed by atoms with Crippen molar-refractivity contribution in [3.05, 3.63) is 29.3 Å². The maximum Gasteiger partial charge on any atom is 0.251 e. The third-order valence-corrected chi connectivity index (χ3v) is 2.65. The highest BCUT2D eigenvalue weighted by molar-refractivity contribution is 6.32. The zero-order valence-electron chi connectivity index (χ0n) is 10.7. The molecule has 1 rings (SSSR count). The lowest BCUT2D eigenvalue weighted by molar-refractivity contribution is -0.115. The number of anilines is 1. The first-order valence-corrected chi connectivity index (χ1v) is 6.23. The average molecular weight is 269 g/mol. The largest absolute Gasteiger partial charge is 0.352 e. The van der Waals surface area contributed by atoms with E-state index in [0.717, 1.165) is 5.56 Å². The number of aryl methyl sites for hydroxylation is 1. The summed E-state index contributed by atoms with van der Waals surface area (Å²) in [5.41, 5.74) is 2.00. The van der Waals surface area contributed by atoms with E-state index in [0.29, 0.717) is 17.8 Å². The molecule has 98 valence electrons. The third-order valence-electron chi connectivity index (χ3n) is 2.46. The van der Waals surface area contributed by atoms with Gasteiger partial charge in [-0.3, -0.25) is 9.59 Å². The van der Waals surface area contributed by atoms with Crippen LogP contribution in [-0.4, -0.2) is 23.7 Å². The summed E-state index contributed by atoms with van der Waals surface area (Å²) in [6.45, 7) is 5.87. The smallest absolute Gasteiger partial charge is 0.251 e. The molecule has 0 fully saturated rings. The zero-order valence-corrected chi connectivity index (χ0v) is 11.5. The van der Waals surface area contributed by atoms with E-state index >= 15 is 0 Å². The maximum absolute atomic E-state index is 11.7. The number of benzene rings is 1. The van der Waals surface area contributed by atoms with Crippen LogP contribution in [0, 0.1) is 6.92 Å². The van der Waals surface area contributed by atoms with E-state index in [1.807, 2.05) is 13.8 Å². The minimum Gasteiger partial charge on any atom is -0.352 e. The molecule has 1 aromatic rings. The number of rotatable bonds is 4. The maximum atomic E-state index is 11.7. The quantitative estimate of drug-likeness (QED) is 0.824. The normalized spacial score (nSPS) is 11.8. The fraction of sp³-hybridized carbons (Fsp3) is 0.385. The van der Waals surface area contributed by atoms with Crippen LogP contribution < -0.4 is 10.6 Å².